The smallest absolute Gasteiger partial charge is 0.0824 e. The Bertz CT molecular complexity index is 574. The van der Waals surface area contributed by atoms with E-state index in [1.807, 2.05) is 18.2 Å². The summed E-state index contributed by atoms with van der Waals surface area (Å²) in [5, 5.41) is 12.2. The molecule has 0 spiro atoms. The second-order valence-corrected chi connectivity index (χ2v) is 6.51. The zero-order valence-corrected chi connectivity index (χ0v) is 13.5. The van der Waals surface area contributed by atoms with Crippen molar-refractivity contribution in [1.29, 1.82) is 0 Å². The van der Waals surface area contributed by atoms with Crippen LogP contribution < -0.4 is 5.32 Å². The first-order valence-electron chi connectivity index (χ1n) is 5.97. The van der Waals surface area contributed by atoms with Gasteiger partial charge in [0, 0.05) is 12.1 Å². The molecule has 2 aromatic rings. The second kappa shape index (κ2) is 5.61. The number of hydrogen-bond acceptors (Lipinski definition) is 3. The molecule has 6 heteroatoms. The quantitative estimate of drug-likeness (QED) is 0.926. The van der Waals surface area contributed by atoms with E-state index in [4.69, 9.17) is 11.6 Å². The second-order valence-electron chi connectivity index (χ2n) is 5.31. The van der Waals surface area contributed by atoms with Gasteiger partial charge in [-0.2, -0.15) is 0 Å². The third-order valence-corrected chi connectivity index (χ3v) is 3.96. The molecule has 0 saturated heterocycles. The summed E-state index contributed by atoms with van der Waals surface area (Å²) in [4.78, 5) is 0. The van der Waals surface area contributed by atoms with Crippen LogP contribution in [0, 0.1) is 0 Å². The molecule has 1 heterocycles. The standard InChI is InChI=1S/C13H16BrClN4/c1-13(2,3)16-7-9-8-17-18-19(9)11-6-4-5-10(15)12(11)14/h4-6,8,16H,7H2,1-3H3. The van der Waals surface area contributed by atoms with Crippen LogP contribution in [-0.2, 0) is 6.54 Å². The molecule has 4 nitrogen and oxygen atoms in total. The molecule has 1 aromatic carbocycles. The van der Waals surface area contributed by atoms with Gasteiger partial charge in [-0.25, -0.2) is 4.68 Å². The van der Waals surface area contributed by atoms with Crippen LogP contribution >= 0.6 is 27.5 Å². The van der Waals surface area contributed by atoms with Gasteiger partial charge in [0.15, 0.2) is 0 Å². The van der Waals surface area contributed by atoms with Gasteiger partial charge in [-0.15, -0.1) is 5.10 Å². The molecule has 1 aromatic heterocycles. The predicted molar refractivity (Wildman–Crippen MR) is 80.7 cm³/mol. The summed E-state index contributed by atoms with van der Waals surface area (Å²) >= 11 is 9.59. The van der Waals surface area contributed by atoms with Crippen molar-refractivity contribution >= 4 is 27.5 Å². The van der Waals surface area contributed by atoms with Crippen LogP contribution in [-0.4, -0.2) is 20.5 Å². The van der Waals surface area contributed by atoms with Gasteiger partial charge in [0.25, 0.3) is 0 Å². The number of hydrogen-bond donors (Lipinski definition) is 1. The minimum absolute atomic E-state index is 0.0423. The summed E-state index contributed by atoms with van der Waals surface area (Å²) in [6.07, 6.45) is 1.76. The lowest BCUT2D eigenvalue weighted by Gasteiger charge is -2.20. The molecule has 0 fully saturated rings. The van der Waals surface area contributed by atoms with Crippen molar-refractivity contribution in [3.05, 3.63) is 39.6 Å². The average Bonchev–Trinajstić information content (AvgIpc) is 2.77. The zero-order valence-electron chi connectivity index (χ0n) is 11.1. The monoisotopic (exact) mass is 342 g/mol. The van der Waals surface area contributed by atoms with Crippen molar-refractivity contribution in [3.63, 3.8) is 0 Å². The number of benzene rings is 1. The number of halogens is 2. The van der Waals surface area contributed by atoms with Crippen molar-refractivity contribution in [2.75, 3.05) is 0 Å². The lowest BCUT2D eigenvalue weighted by atomic mass is 10.1. The largest absolute Gasteiger partial charge is 0.306 e. The summed E-state index contributed by atoms with van der Waals surface area (Å²) in [6.45, 7) is 7.05. The number of aromatic nitrogens is 3. The van der Waals surface area contributed by atoms with Crippen molar-refractivity contribution in [2.24, 2.45) is 0 Å². The average molecular weight is 344 g/mol. The van der Waals surface area contributed by atoms with E-state index in [-0.39, 0.29) is 5.54 Å². The molecule has 2 rings (SSSR count). The van der Waals surface area contributed by atoms with Gasteiger partial charge in [-0.05, 0) is 48.8 Å². The van der Waals surface area contributed by atoms with Crippen LogP contribution in [0.1, 0.15) is 26.5 Å². The first kappa shape index (κ1) is 14.5. The first-order valence-corrected chi connectivity index (χ1v) is 7.14. The van der Waals surface area contributed by atoms with Crippen LogP contribution in [0.3, 0.4) is 0 Å². The van der Waals surface area contributed by atoms with Gasteiger partial charge in [0.1, 0.15) is 0 Å². The van der Waals surface area contributed by atoms with Crippen molar-refractivity contribution in [2.45, 2.75) is 32.9 Å². The molecule has 19 heavy (non-hydrogen) atoms. The summed E-state index contributed by atoms with van der Waals surface area (Å²) in [5.41, 5.74) is 1.91. The van der Waals surface area contributed by atoms with Gasteiger partial charge in [-0.1, -0.05) is 22.9 Å². The molecule has 0 amide bonds. The van der Waals surface area contributed by atoms with Crippen LogP contribution in [0.5, 0.6) is 0 Å². The Hall–Kier alpha value is -0.910. The van der Waals surface area contributed by atoms with E-state index in [0.29, 0.717) is 11.6 Å². The third kappa shape index (κ3) is 3.55. The van der Waals surface area contributed by atoms with Crippen LogP contribution in [0.15, 0.2) is 28.9 Å². The normalized spacial score (nSPS) is 11.8. The number of nitrogens with one attached hydrogen (secondary N) is 1. The molecule has 0 saturated carbocycles. The van der Waals surface area contributed by atoms with E-state index >= 15 is 0 Å². The highest BCUT2D eigenvalue weighted by Crippen LogP contribution is 2.29. The number of rotatable bonds is 3. The Kier molecular flexibility index (Phi) is 4.28. The van der Waals surface area contributed by atoms with Crippen molar-refractivity contribution < 1.29 is 0 Å². The Morgan fingerprint density at radius 3 is 2.79 bits per heavy atom. The molecular weight excluding hydrogens is 328 g/mol. The molecule has 0 aliphatic heterocycles. The highest BCUT2D eigenvalue weighted by atomic mass is 79.9. The van der Waals surface area contributed by atoms with E-state index in [1.165, 1.54) is 0 Å². The Labute approximate surface area is 126 Å². The van der Waals surface area contributed by atoms with Crippen LogP contribution in [0.2, 0.25) is 5.02 Å². The Morgan fingerprint density at radius 2 is 2.11 bits per heavy atom. The van der Waals surface area contributed by atoms with Gasteiger partial charge in [0.05, 0.1) is 27.1 Å². The Morgan fingerprint density at radius 1 is 1.37 bits per heavy atom. The fourth-order valence-electron chi connectivity index (χ4n) is 1.59. The van der Waals surface area contributed by atoms with E-state index < -0.39 is 0 Å². The van der Waals surface area contributed by atoms with E-state index in [2.05, 4.69) is 52.3 Å². The summed E-state index contributed by atoms with van der Waals surface area (Å²) in [5.74, 6) is 0. The molecule has 0 radical (unpaired) electrons. The van der Waals surface area contributed by atoms with Crippen molar-refractivity contribution in [3.8, 4) is 5.69 Å². The maximum absolute atomic E-state index is 6.11. The molecule has 0 unspecified atom stereocenters. The van der Waals surface area contributed by atoms with E-state index in [1.54, 1.807) is 10.9 Å². The van der Waals surface area contributed by atoms with Gasteiger partial charge in [0.2, 0.25) is 0 Å². The topological polar surface area (TPSA) is 42.7 Å². The molecule has 0 aliphatic rings. The molecule has 0 bridgehead atoms. The highest BCUT2D eigenvalue weighted by Gasteiger charge is 2.14. The molecular formula is C13H16BrClN4. The zero-order chi connectivity index (χ0) is 14.0. The number of nitrogens with zero attached hydrogens (tertiary/aromatic N) is 3. The SMILES string of the molecule is CC(C)(C)NCc1cnnn1-c1cccc(Cl)c1Br. The summed E-state index contributed by atoms with van der Waals surface area (Å²) in [6, 6.07) is 5.68. The van der Waals surface area contributed by atoms with Gasteiger partial charge >= 0.3 is 0 Å². The maximum atomic E-state index is 6.11. The van der Waals surface area contributed by atoms with Crippen molar-refractivity contribution in [1.82, 2.24) is 20.3 Å². The predicted octanol–water partition coefficient (Wildman–Crippen LogP) is 3.57. The Balaban J connectivity index is 2.31. The van der Waals surface area contributed by atoms with Gasteiger partial charge in [-0.3, -0.25) is 0 Å². The highest BCUT2D eigenvalue weighted by molar-refractivity contribution is 9.10. The summed E-state index contributed by atoms with van der Waals surface area (Å²) < 4.78 is 2.61. The maximum Gasteiger partial charge on any atom is 0.0824 e. The van der Waals surface area contributed by atoms with Gasteiger partial charge < -0.3 is 5.32 Å². The molecule has 0 aliphatic carbocycles. The summed E-state index contributed by atoms with van der Waals surface area (Å²) in [7, 11) is 0. The fourth-order valence-corrected chi connectivity index (χ4v) is 2.19. The molecule has 1 N–H and O–H groups in total. The van der Waals surface area contributed by atoms with Crippen LogP contribution in [0.25, 0.3) is 5.69 Å². The third-order valence-electron chi connectivity index (χ3n) is 2.58. The minimum atomic E-state index is 0.0423. The fraction of sp³-hybridized carbons (Fsp3) is 0.385. The van der Waals surface area contributed by atoms with Crippen LogP contribution in [0.4, 0.5) is 0 Å². The minimum Gasteiger partial charge on any atom is -0.306 e. The first-order chi connectivity index (χ1) is 8.88. The lowest BCUT2D eigenvalue weighted by Crippen LogP contribution is -2.35. The van der Waals surface area contributed by atoms with E-state index in [0.717, 1.165) is 15.9 Å². The van der Waals surface area contributed by atoms with E-state index in [9.17, 15) is 0 Å². The molecule has 0 atom stereocenters. The molecule has 102 valence electrons. The lowest BCUT2D eigenvalue weighted by molar-refractivity contribution is 0.418.